The van der Waals surface area contributed by atoms with Gasteiger partial charge in [-0.15, -0.1) is 22.7 Å². The smallest absolute Gasteiger partial charge is 0.251 e. The zero-order valence-electron chi connectivity index (χ0n) is 15.8. The number of nitrogens with one attached hydrogen (secondary N) is 1. The molecule has 4 nitrogen and oxygen atoms in total. The van der Waals surface area contributed by atoms with Crippen LogP contribution >= 0.6 is 22.7 Å². The Kier molecular flexibility index (Phi) is 5.50. The molecule has 4 rings (SSSR count). The van der Waals surface area contributed by atoms with E-state index in [9.17, 15) is 4.79 Å². The summed E-state index contributed by atoms with van der Waals surface area (Å²) in [6.07, 6.45) is 0.964. The van der Waals surface area contributed by atoms with Crippen LogP contribution < -0.4 is 5.32 Å². The molecule has 1 N–H and O–H groups in total. The van der Waals surface area contributed by atoms with Crippen LogP contribution in [0.15, 0.2) is 53.2 Å². The standard InChI is InChI=1S/C22H21N3OS2/c1-14(2)9-10-23-22(26)15-7-8-16-17(13-15)25-21(19-6-4-12-28-19)20(24-16)18-5-3-11-27-18/h3-8,11-14H,9-10H2,1-2H3,(H,23,26). The van der Waals surface area contributed by atoms with Crippen LogP contribution in [0.3, 0.4) is 0 Å². The molecule has 0 saturated carbocycles. The fourth-order valence-corrected chi connectivity index (χ4v) is 4.37. The maximum atomic E-state index is 12.5. The molecule has 0 spiro atoms. The third-order valence-corrected chi connectivity index (χ3v) is 6.20. The van der Waals surface area contributed by atoms with Crippen LogP contribution in [0.2, 0.25) is 0 Å². The number of hydrogen-bond donors (Lipinski definition) is 1. The highest BCUT2D eigenvalue weighted by Gasteiger charge is 2.16. The minimum atomic E-state index is -0.0654. The van der Waals surface area contributed by atoms with Gasteiger partial charge in [-0.2, -0.15) is 0 Å². The first-order chi connectivity index (χ1) is 13.6. The van der Waals surface area contributed by atoms with E-state index < -0.39 is 0 Å². The number of aromatic nitrogens is 2. The van der Waals surface area contributed by atoms with E-state index >= 15 is 0 Å². The van der Waals surface area contributed by atoms with Gasteiger partial charge >= 0.3 is 0 Å². The van der Waals surface area contributed by atoms with Crippen LogP contribution in [0.25, 0.3) is 32.2 Å². The van der Waals surface area contributed by atoms with Gasteiger partial charge in [-0.25, -0.2) is 9.97 Å². The van der Waals surface area contributed by atoms with Crippen molar-refractivity contribution < 1.29 is 4.79 Å². The molecule has 3 heterocycles. The Morgan fingerprint density at radius 1 is 0.964 bits per heavy atom. The van der Waals surface area contributed by atoms with Crippen molar-refractivity contribution in [3.05, 3.63) is 58.8 Å². The molecule has 0 unspecified atom stereocenters. The Bertz CT molecular complexity index is 1090. The van der Waals surface area contributed by atoms with Gasteiger partial charge in [-0.3, -0.25) is 4.79 Å². The summed E-state index contributed by atoms with van der Waals surface area (Å²) in [7, 11) is 0. The second-order valence-corrected chi connectivity index (χ2v) is 8.91. The molecule has 0 aliphatic carbocycles. The van der Waals surface area contributed by atoms with Gasteiger partial charge in [0.15, 0.2) is 0 Å². The van der Waals surface area contributed by atoms with E-state index in [1.54, 1.807) is 22.7 Å². The zero-order chi connectivity index (χ0) is 19.5. The fourth-order valence-electron chi connectivity index (χ4n) is 2.94. The zero-order valence-corrected chi connectivity index (χ0v) is 17.4. The van der Waals surface area contributed by atoms with Gasteiger partial charge in [0.1, 0.15) is 11.4 Å². The normalized spacial score (nSPS) is 11.2. The molecular formula is C22H21N3OS2. The van der Waals surface area contributed by atoms with Crippen LogP contribution in [-0.2, 0) is 0 Å². The van der Waals surface area contributed by atoms with Crippen molar-refractivity contribution >= 4 is 39.6 Å². The lowest BCUT2D eigenvalue weighted by atomic mass is 10.1. The molecule has 0 bridgehead atoms. The number of fused-ring (bicyclic) bond motifs is 1. The molecule has 0 atom stereocenters. The topological polar surface area (TPSA) is 54.9 Å². The molecule has 0 aliphatic rings. The first kappa shape index (κ1) is 18.8. The molecule has 0 radical (unpaired) electrons. The van der Waals surface area contributed by atoms with E-state index in [-0.39, 0.29) is 5.91 Å². The Balaban J connectivity index is 1.73. The van der Waals surface area contributed by atoms with Crippen molar-refractivity contribution in [2.45, 2.75) is 20.3 Å². The van der Waals surface area contributed by atoms with Crippen LogP contribution in [0, 0.1) is 5.92 Å². The summed E-state index contributed by atoms with van der Waals surface area (Å²) in [5.41, 5.74) is 3.90. The van der Waals surface area contributed by atoms with Crippen molar-refractivity contribution in [3.63, 3.8) is 0 Å². The maximum Gasteiger partial charge on any atom is 0.251 e. The summed E-state index contributed by atoms with van der Waals surface area (Å²) in [4.78, 5) is 24.4. The summed E-state index contributed by atoms with van der Waals surface area (Å²) in [5, 5.41) is 7.07. The fraction of sp³-hybridized carbons (Fsp3) is 0.227. The molecule has 1 aromatic carbocycles. The van der Waals surface area contributed by atoms with Crippen LogP contribution in [-0.4, -0.2) is 22.4 Å². The van der Waals surface area contributed by atoms with Gasteiger partial charge < -0.3 is 5.32 Å². The van der Waals surface area contributed by atoms with Crippen molar-refractivity contribution in [2.75, 3.05) is 6.54 Å². The van der Waals surface area contributed by atoms with E-state index in [1.165, 1.54) is 0 Å². The predicted molar refractivity (Wildman–Crippen MR) is 118 cm³/mol. The molecule has 0 saturated heterocycles. The minimum Gasteiger partial charge on any atom is -0.352 e. The molecule has 0 aliphatic heterocycles. The average molecular weight is 408 g/mol. The summed E-state index contributed by atoms with van der Waals surface area (Å²) < 4.78 is 0. The monoisotopic (exact) mass is 407 g/mol. The third-order valence-electron chi connectivity index (χ3n) is 4.44. The Hall–Kier alpha value is -2.57. The van der Waals surface area contributed by atoms with Gasteiger partial charge in [0.05, 0.1) is 20.8 Å². The van der Waals surface area contributed by atoms with Crippen LogP contribution in [0.5, 0.6) is 0 Å². The maximum absolute atomic E-state index is 12.5. The Morgan fingerprint density at radius 2 is 1.61 bits per heavy atom. The molecular weight excluding hydrogens is 386 g/mol. The first-order valence-corrected chi connectivity index (χ1v) is 11.1. The Morgan fingerprint density at radius 3 is 2.18 bits per heavy atom. The average Bonchev–Trinajstić information content (AvgIpc) is 3.40. The lowest BCUT2D eigenvalue weighted by Gasteiger charge is -2.10. The van der Waals surface area contributed by atoms with Gasteiger partial charge in [0.25, 0.3) is 5.91 Å². The summed E-state index contributed by atoms with van der Waals surface area (Å²) in [6.45, 7) is 4.97. The number of carbonyl (C=O) groups is 1. The SMILES string of the molecule is CC(C)CCNC(=O)c1ccc2nc(-c3cccs3)c(-c3cccs3)nc2c1. The van der Waals surface area contributed by atoms with Gasteiger partial charge in [-0.1, -0.05) is 26.0 Å². The minimum absolute atomic E-state index is 0.0654. The van der Waals surface area contributed by atoms with Crippen molar-refractivity contribution in [3.8, 4) is 21.1 Å². The molecule has 1 amide bonds. The van der Waals surface area contributed by atoms with Gasteiger partial charge in [0, 0.05) is 12.1 Å². The van der Waals surface area contributed by atoms with Crippen LogP contribution in [0.4, 0.5) is 0 Å². The number of amides is 1. The Labute approximate surface area is 172 Å². The summed E-state index contributed by atoms with van der Waals surface area (Å²) in [6, 6.07) is 13.7. The highest BCUT2D eigenvalue weighted by molar-refractivity contribution is 7.14. The van der Waals surface area contributed by atoms with E-state index in [4.69, 9.17) is 9.97 Å². The summed E-state index contributed by atoms with van der Waals surface area (Å²) >= 11 is 3.30. The second-order valence-electron chi connectivity index (χ2n) is 7.02. The van der Waals surface area contributed by atoms with E-state index in [2.05, 4.69) is 31.3 Å². The number of hydrogen-bond acceptors (Lipinski definition) is 5. The number of carbonyl (C=O) groups excluding carboxylic acids is 1. The summed E-state index contributed by atoms with van der Waals surface area (Å²) in [5.74, 6) is 0.496. The van der Waals surface area contributed by atoms with Crippen molar-refractivity contribution in [1.29, 1.82) is 0 Å². The van der Waals surface area contributed by atoms with Crippen molar-refractivity contribution in [1.82, 2.24) is 15.3 Å². The quantitative estimate of drug-likeness (QED) is 0.435. The first-order valence-electron chi connectivity index (χ1n) is 9.29. The third kappa shape index (κ3) is 3.98. The van der Waals surface area contributed by atoms with Crippen LogP contribution in [0.1, 0.15) is 30.6 Å². The largest absolute Gasteiger partial charge is 0.352 e. The number of nitrogens with zero attached hydrogens (tertiary/aromatic N) is 2. The predicted octanol–water partition coefficient (Wildman–Crippen LogP) is 5.86. The molecule has 0 fully saturated rings. The van der Waals surface area contributed by atoms with Gasteiger partial charge in [0.2, 0.25) is 0 Å². The lowest BCUT2D eigenvalue weighted by molar-refractivity contribution is 0.0952. The highest BCUT2D eigenvalue weighted by Crippen LogP contribution is 2.35. The second kappa shape index (κ2) is 8.20. The molecule has 3 aromatic heterocycles. The van der Waals surface area contributed by atoms with Gasteiger partial charge in [-0.05, 0) is 53.4 Å². The molecule has 142 valence electrons. The molecule has 28 heavy (non-hydrogen) atoms. The number of rotatable bonds is 6. The van der Waals surface area contributed by atoms with E-state index in [0.717, 1.165) is 38.6 Å². The number of benzene rings is 1. The van der Waals surface area contributed by atoms with E-state index in [0.29, 0.717) is 18.0 Å². The van der Waals surface area contributed by atoms with Crippen molar-refractivity contribution in [2.24, 2.45) is 5.92 Å². The highest BCUT2D eigenvalue weighted by atomic mass is 32.1. The number of thiophene rings is 2. The lowest BCUT2D eigenvalue weighted by Crippen LogP contribution is -2.25. The molecule has 4 aromatic rings. The molecule has 6 heteroatoms. The van der Waals surface area contributed by atoms with E-state index in [1.807, 2.05) is 41.1 Å².